The van der Waals surface area contributed by atoms with Crippen LogP contribution in [-0.2, 0) is 0 Å². The lowest BCUT2D eigenvalue weighted by atomic mass is 10.2. The predicted octanol–water partition coefficient (Wildman–Crippen LogP) is 4.01. The first-order chi connectivity index (χ1) is 14.6. The zero-order chi connectivity index (χ0) is 20.7. The molecule has 0 radical (unpaired) electrons. The quantitative estimate of drug-likeness (QED) is 0.490. The minimum absolute atomic E-state index is 0.0451. The number of nitrogens with zero attached hydrogens (tertiary/aromatic N) is 4. The first kappa shape index (κ1) is 18.5. The van der Waals surface area contributed by atoms with Gasteiger partial charge in [-0.25, -0.2) is 0 Å². The highest BCUT2D eigenvalue weighted by molar-refractivity contribution is 9.10. The normalized spacial score (nSPS) is 14.3. The monoisotopic (exact) mass is 465 g/mol. The van der Waals surface area contributed by atoms with Gasteiger partial charge < -0.3 is 23.6 Å². The van der Waals surface area contributed by atoms with Crippen LogP contribution in [0.1, 0.15) is 16.2 Å². The minimum Gasteiger partial charge on any atom is -0.459 e. The largest absolute Gasteiger partial charge is 0.459 e. The Morgan fingerprint density at radius 2 is 2.03 bits per heavy atom. The lowest BCUT2D eigenvalue weighted by Gasteiger charge is -2.34. The second-order valence-electron chi connectivity index (χ2n) is 6.96. The standard InChI is InChI=1S/C21H16BrN5O3/c22-14-4-3-13-10-16(24-15(13)11-14)20(28)26-5-7-27(8-6-26)21-17(12-23)25-19(30-21)18-2-1-9-29-18/h1-4,9-11,24H,5-8H2. The van der Waals surface area contributed by atoms with Gasteiger partial charge in [0.2, 0.25) is 11.6 Å². The Labute approximate surface area is 179 Å². The first-order valence-corrected chi connectivity index (χ1v) is 10.2. The van der Waals surface area contributed by atoms with Gasteiger partial charge in [0, 0.05) is 41.6 Å². The van der Waals surface area contributed by atoms with E-state index in [2.05, 4.69) is 32.0 Å². The van der Waals surface area contributed by atoms with Crippen LogP contribution in [0.2, 0.25) is 0 Å². The van der Waals surface area contributed by atoms with E-state index in [-0.39, 0.29) is 17.5 Å². The van der Waals surface area contributed by atoms with Crippen LogP contribution >= 0.6 is 15.9 Å². The van der Waals surface area contributed by atoms with E-state index in [0.29, 0.717) is 43.5 Å². The summed E-state index contributed by atoms with van der Waals surface area (Å²) in [7, 11) is 0. The first-order valence-electron chi connectivity index (χ1n) is 9.39. The topological polar surface area (TPSA) is 102 Å². The summed E-state index contributed by atoms with van der Waals surface area (Å²) < 4.78 is 12.1. The number of furan rings is 1. The van der Waals surface area contributed by atoms with Gasteiger partial charge in [-0.1, -0.05) is 22.0 Å². The molecule has 0 spiro atoms. The van der Waals surface area contributed by atoms with Crippen molar-refractivity contribution in [3.8, 4) is 17.7 Å². The highest BCUT2D eigenvalue weighted by Crippen LogP contribution is 2.29. The Kier molecular flexibility index (Phi) is 4.56. The summed E-state index contributed by atoms with van der Waals surface area (Å²) in [5, 5.41) is 10.4. The maximum absolute atomic E-state index is 12.9. The van der Waals surface area contributed by atoms with Gasteiger partial charge in [0.15, 0.2) is 5.76 Å². The van der Waals surface area contributed by atoms with Crippen LogP contribution in [0.4, 0.5) is 5.88 Å². The van der Waals surface area contributed by atoms with Gasteiger partial charge in [0.1, 0.15) is 11.8 Å². The van der Waals surface area contributed by atoms with Gasteiger partial charge in [-0.05, 0) is 30.3 Å². The third-order valence-corrected chi connectivity index (χ3v) is 5.61. The summed E-state index contributed by atoms with van der Waals surface area (Å²) in [5.41, 5.74) is 1.69. The van der Waals surface area contributed by atoms with Crippen LogP contribution < -0.4 is 4.90 Å². The van der Waals surface area contributed by atoms with E-state index in [1.54, 1.807) is 17.0 Å². The fourth-order valence-corrected chi connectivity index (χ4v) is 3.96. The molecule has 1 aromatic carbocycles. The average molecular weight is 466 g/mol. The van der Waals surface area contributed by atoms with Crippen molar-refractivity contribution in [1.82, 2.24) is 14.9 Å². The van der Waals surface area contributed by atoms with Gasteiger partial charge >= 0.3 is 0 Å². The number of nitriles is 1. The number of benzene rings is 1. The van der Waals surface area contributed by atoms with E-state index in [4.69, 9.17) is 8.83 Å². The smallest absolute Gasteiger partial charge is 0.270 e. The molecule has 30 heavy (non-hydrogen) atoms. The van der Waals surface area contributed by atoms with Crippen molar-refractivity contribution in [2.24, 2.45) is 0 Å². The van der Waals surface area contributed by atoms with E-state index < -0.39 is 0 Å². The number of anilines is 1. The molecule has 1 aliphatic rings. The number of halogens is 1. The molecule has 0 saturated carbocycles. The number of oxazole rings is 1. The number of carbonyl (C=O) groups excluding carboxylic acids is 1. The fraction of sp³-hybridized carbons (Fsp3) is 0.190. The number of amides is 1. The third kappa shape index (κ3) is 3.25. The molecule has 0 aliphatic carbocycles. The molecule has 4 aromatic rings. The summed E-state index contributed by atoms with van der Waals surface area (Å²) >= 11 is 3.45. The molecule has 1 saturated heterocycles. The van der Waals surface area contributed by atoms with Crippen LogP contribution in [0.5, 0.6) is 0 Å². The molecular weight excluding hydrogens is 450 g/mol. The number of aromatic nitrogens is 2. The van der Waals surface area contributed by atoms with E-state index in [1.165, 1.54) is 6.26 Å². The second-order valence-corrected chi connectivity index (χ2v) is 7.87. The van der Waals surface area contributed by atoms with Gasteiger partial charge in [0.25, 0.3) is 11.8 Å². The molecule has 4 heterocycles. The van der Waals surface area contributed by atoms with Gasteiger partial charge in [-0.15, -0.1) is 0 Å². The summed E-state index contributed by atoms with van der Waals surface area (Å²) in [6, 6.07) is 13.3. The number of piperazine rings is 1. The van der Waals surface area contributed by atoms with Gasteiger partial charge in [0.05, 0.1) is 6.26 Å². The third-order valence-electron chi connectivity index (χ3n) is 5.12. The number of hydrogen-bond donors (Lipinski definition) is 1. The molecule has 150 valence electrons. The van der Waals surface area contributed by atoms with Crippen molar-refractivity contribution < 1.29 is 13.6 Å². The van der Waals surface area contributed by atoms with E-state index in [0.717, 1.165) is 15.4 Å². The summed E-state index contributed by atoms with van der Waals surface area (Å²) in [6.45, 7) is 2.11. The molecule has 1 fully saturated rings. The maximum atomic E-state index is 12.9. The molecular formula is C21H16BrN5O3. The Morgan fingerprint density at radius 1 is 1.20 bits per heavy atom. The zero-order valence-electron chi connectivity index (χ0n) is 15.8. The summed E-state index contributed by atoms with van der Waals surface area (Å²) in [4.78, 5) is 24.1. The van der Waals surface area contributed by atoms with Gasteiger partial charge in [-0.2, -0.15) is 10.2 Å². The number of H-pyrrole nitrogens is 1. The van der Waals surface area contributed by atoms with Crippen molar-refractivity contribution in [3.05, 3.63) is 58.5 Å². The van der Waals surface area contributed by atoms with Crippen LogP contribution in [0.25, 0.3) is 22.6 Å². The van der Waals surface area contributed by atoms with Crippen molar-refractivity contribution >= 4 is 38.6 Å². The molecule has 8 nitrogen and oxygen atoms in total. The van der Waals surface area contributed by atoms with Crippen molar-refractivity contribution in [3.63, 3.8) is 0 Å². The van der Waals surface area contributed by atoms with E-state index in [1.807, 2.05) is 29.2 Å². The number of hydrogen-bond acceptors (Lipinski definition) is 6. The predicted molar refractivity (Wildman–Crippen MR) is 113 cm³/mol. The number of aromatic amines is 1. The molecule has 0 atom stereocenters. The van der Waals surface area contributed by atoms with Crippen molar-refractivity contribution in [2.45, 2.75) is 0 Å². The van der Waals surface area contributed by atoms with Crippen LogP contribution in [0.3, 0.4) is 0 Å². The molecule has 1 aliphatic heterocycles. The molecule has 1 amide bonds. The van der Waals surface area contributed by atoms with Crippen molar-refractivity contribution in [2.75, 3.05) is 31.1 Å². The lowest BCUT2D eigenvalue weighted by Crippen LogP contribution is -2.49. The average Bonchev–Trinajstić information content (AvgIpc) is 3.51. The van der Waals surface area contributed by atoms with E-state index >= 15 is 0 Å². The van der Waals surface area contributed by atoms with E-state index in [9.17, 15) is 10.1 Å². The summed E-state index contributed by atoms with van der Waals surface area (Å²) in [6.07, 6.45) is 1.53. The number of carbonyl (C=O) groups is 1. The Balaban J connectivity index is 1.31. The van der Waals surface area contributed by atoms with Gasteiger partial charge in [-0.3, -0.25) is 4.79 Å². The van der Waals surface area contributed by atoms with Crippen LogP contribution in [0, 0.1) is 11.3 Å². The summed E-state index contributed by atoms with van der Waals surface area (Å²) in [5.74, 6) is 1.11. The number of fused-ring (bicyclic) bond motifs is 1. The number of rotatable bonds is 3. The fourth-order valence-electron chi connectivity index (χ4n) is 3.60. The molecule has 3 aromatic heterocycles. The van der Waals surface area contributed by atoms with Crippen LogP contribution in [0.15, 0.2) is 56.0 Å². The maximum Gasteiger partial charge on any atom is 0.270 e. The Morgan fingerprint density at radius 3 is 2.77 bits per heavy atom. The Hall–Kier alpha value is -3.51. The minimum atomic E-state index is -0.0451. The SMILES string of the molecule is N#Cc1nc(-c2ccco2)oc1N1CCN(C(=O)c2cc3ccc(Br)cc3[nH]2)CC1. The highest BCUT2D eigenvalue weighted by Gasteiger charge is 2.28. The number of nitrogens with one attached hydrogen (secondary N) is 1. The highest BCUT2D eigenvalue weighted by atomic mass is 79.9. The molecule has 0 bridgehead atoms. The lowest BCUT2D eigenvalue weighted by molar-refractivity contribution is 0.0740. The second kappa shape index (κ2) is 7.39. The van der Waals surface area contributed by atoms with Crippen molar-refractivity contribution in [1.29, 1.82) is 5.26 Å². The van der Waals surface area contributed by atoms with Crippen LogP contribution in [-0.4, -0.2) is 47.0 Å². The zero-order valence-corrected chi connectivity index (χ0v) is 17.3. The molecule has 5 rings (SSSR count). The molecule has 0 unspecified atom stereocenters. The Bertz CT molecular complexity index is 1260. The molecule has 1 N–H and O–H groups in total. The molecule has 9 heteroatoms.